The van der Waals surface area contributed by atoms with E-state index in [2.05, 4.69) is 4.74 Å². The lowest BCUT2D eigenvalue weighted by Gasteiger charge is -2.46. The molecule has 41 heavy (non-hydrogen) atoms. The van der Waals surface area contributed by atoms with E-state index in [0.29, 0.717) is 0 Å². The molecule has 26 heteroatoms. The number of hydrogen-bond acceptors (Lipinski definition) is 1. The zero-order valence-corrected chi connectivity index (χ0v) is 17.8. The molecule has 1 fully saturated rings. The molecule has 0 radical (unpaired) electrons. The van der Waals surface area contributed by atoms with Crippen LogP contribution in [0.5, 0.6) is 0 Å². The standard InChI is InChI=1S/C15H5F25O/c16-6(17,7(18,19)14(35,36)37)4(10(23,24)25,11(26,27)28)1-3-2-5(12(29,30)31,13(32,33)34)9(22,41-3)8(20,21)15(38,39)40/h3H,1-2H2. The Morgan fingerprint density at radius 2 is 0.829 bits per heavy atom. The summed E-state index contributed by atoms with van der Waals surface area (Å²) in [6.07, 6.45) is -63.4. The predicted molar refractivity (Wildman–Crippen MR) is 74.0 cm³/mol. The van der Waals surface area contributed by atoms with Gasteiger partial charge < -0.3 is 4.74 Å². The molecule has 0 aromatic rings. The molecule has 246 valence electrons. The summed E-state index contributed by atoms with van der Waals surface area (Å²) in [6.45, 7) is 0. The maximum absolute atomic E-state index is 14.8. The van der Waals surface area contributed by atoms with Gasteiger partial charge in [0.25, 0.3) is 0 Å². The normalized spacial score (nSPS) is 24.7. The van der Waals surface area contributed by atoms with Crippen molar-refractivity contribution < 1.29 is 114 Å². The molecule has 1 nitrogen and oxygen atoms in total. The lowest BCUT2D eigenvalue weighted by molar-refractivity contribution is -0.472. The maximum atomic E-state index is 14.8. The van der Waals surface area contributed by atoms with Crippen molar-refractivity contribution in [2.75, 3.05) is 0 Å². The van der Waals surface area contributed by atoms with Gasteiger partial charge in [0, 0.05) is 12.8 Å². The second-order valence-electron chi connectivity index (χ2n) is 8.26. The summed E-state index contributed by atoms with van der Waals surface area (Å²) in [4.78, 5) is 0. The van der Waals surface area contributed by atoms with Gasteiger partial charge in [-0.1, -0.05) is 0 Å². The largest absolute Gasteiger partial charge is 0.459 e. The van der Waals surface area contributed by atoms with Crippen LogP contribution in [0.1, 0.15) is 12.8 Å². The van der Waals surface area contributed by atoms with Crippen LogP contribution in [0.3, 0.4) is 0 Å². The number of ether oxygens (including phenoxy) is 1. The minimum absolute atomic E-state index is 2.41. The van der Waals surface area contributed by atoms with Crippen molar-refractivity contribution in [3.05, 3.63) is 0 Å². The molecule has 0 saturated carbocycles. The monoisotopic (exact) mass is 676 g/mol. The Balaban J connectivity index is 4.27. The predicted octanol–water partition coefficient (Wildman–Crippen LogP) is 9.08. The van der Waals surface area contributed by atoms with Gasteiger partial charge in [-0.05, 0) is 0 Å². The molecule has 0 spiro atoms. The minimum Gasteiger partial charge on any atom is -0.337 e. The first kappa shape index (κ1) is 37.2. The van der Waals surface area contributed by atoms with E-state index in [0.717, 1.165) is 0 Å². The fourth-order valence-corrected chi connectivity index (χ4v) is 3.90. The van der Waals surface area contributed by atoms with Gasteiger partial charge in [0.05, 0.1) is 6.10 Å². The molecule has 2 atom stereocenters. The maximum Gasteiger partial charge on any atom is 0.459 e. The van der Waals surface area contributed by atoms with Crippen molar-refractivity contribution in [3.63, 3.8) is 0 Å². The number of alkyl halides is 25. The molecule has 2 unspecified atom stereocenters. The van der Waals surface area contributed by atoms with Crippen LogP contribution in [-0.2, 0) is 4.74 Å². The third kappa shape index (κ3) is 4.70. The van der Waals surface area contributed by atoms with E-state index >= 15 is 0 Å². The molecule has 1 rings (SSSR count). The van der Waals surface area contributed by atoms with Crippen LogP contribution >= 0.6 is 0 Å². The molecule has 0 aromatic carbocycles. The highest BCUT2D eigenvalue weighted by Crippen LogP contribution is 2.73. The van der Waals surface area contributed by atoms with Crippen molar-refractivity contribution in [2.45, 2.75) is 79.6 Å². The second-order valence-corrected chi connectivity index (χ2v) is 8.26. The lowest BCUT2D eigenvalue weighted by atomic mass is 9.68. The van der Waals surface area contributed by atoms with E-state index in [4.69, 9.17) is 0 Å². The van der Waals surface area contributed by atoms with Crippen molar-refractivity contribution in [2.24, 2.45) is 10.8 Å². The summed E-state index contributed by atoms with van der Waals surface area (Å²) < 4.78 is 335. The van der Waals surface area contributed by atoms with Crippen LogP contribution in [-0.4, -0.2) is 66.8 Å². The molecule has 0 aliphatic carbocycles. The van der Waals surface area contributed by atoms with Gasteiger partial charge in [0.2, 0.25) is 10.8 Å². The van der Waals surface area contributed by atoms with Gasteiger partial charge in [-0.15, -0.1) is 0 Å². The van der Waals surface area contributed by atoms with E-state index < -0.39 is 90.5 Å². The number of halogens is 25. The number of hydrogen-bond donors (Lipinski definition) is 0. The van der Waals surface area contributed by atoms with Gasteiger partial charge in [-0.3, -0.25) is 0 Å². The summed E-state index contributed by atoms with van der Waals surface area (Å²) in [7, 11) is 0. The quantitative estimate of drug-likeness (QED) is 0.264. The molecule has 1 heterocycles. The van der Waals surface area contributed by atoms with Crippen LogP contribution in [0.2, 0.25) is 0 Å². The Bertz CT molecular complexity index is 924. The van der Waals surface area contributed by atoms with Crippen molar-refractivity contribution in [3.8, 4) is 0 Å². The molecule has 0 N–H and O–H groups in total. The highest BCUT2D eigenvalue weighted by Gasteiger charge is 2.97. The zero-order valence-electron chi connectivity index (χ0n) is 17.8. The third-order valence-electron chi connectivity index (χ3n) is 5.93. The Morgan fingerprint density at radius 3 is 1.07 bits per heavy atom. The average Bonchev–Trinajstić information content (AvgIpc) is 2.96. The Labute approximate surface area is 206 Å². The van der Waals surface area contributed by atoms with Crippen molar-refractivity contribution in [1.29, 1.82) is 0 Å². The van der Waals surface area contributed by atoms with Crippen molar-refractivity contribution in [1.82, 2.24) is 0 Å². The fourth-order valence-electron chi connectivity index (χ4n) is 3.90. The van der Waals surface area contributed by atoms with Crippen LogP contribution in [0.4, 0.5) is 110 Å². The highest BCUT2D eigenvalue weighted by atomic mass is 19.5. The summed E-state index contributed by atoms with van der Waals surface area (Å²) in [5, 5.41) is 0. The van der Waals surface area contributed by atoms with Crippen molar-refractivity contribution >= 4 is 0 Å². The molecule has 0 amide bonds. The van der Waals surface area contributed by atoms with Crippen LogP contribution < -0.4 is 0 Å². The smallest absolute Gasteiger partial charge is 0.337 e. The summed E-state index contributed by atoms with van der Waals surface area (Å²) >= 11 is 0. The fraction of sp³-hybridized carbons (Fsp3) is 1.00. The first-order chi connectivity index (χ1) is 17.3. The van der Waals surface area contributed by atoms with Gasteiger partial charge >= 0.3 is 60.7 Å². The van der Waals surface area contributed by atoms with Crippen LogP contribution in [0.15, 0.2) is 0 Å². The summed E-state index contributed by atoms with van der Waals surface area (Å²) in [5.41, 5.74) is -15.8. The SMILES string of the molecule is FC(F)(F)C(F)(F)C(F)(F)C(CC1CC(C(F)(F)F)(C(F)(F)F)C(F)(C(F)(F)C(F)(F)F)O1)(C(F)(F)F)C(F)(F)F. The number of rotatable bonds is 5. The van der Waals surface area contributed by atoms with Crippen LogP contribution in [0, 0.1) is 10.8 Å². The Hall–Kier alpha value is -1.79. The summed E-state index contributed by atoms with van der Waals surface area (Å²) in [6, 6.07) is 0. The molecular formula is C15H5F25O. The van der Waals surface area contributed by atoms with Gasteiger partial charge in [0.1, 0.15) is 0 Å². The van der Waals surface area contributed by atoms with Gasteiger partial charge in [-0.2, -0.15) is 105 Å². The van der Waals surface area contributed by atoms with Crippen LogP contribution in [0.25, 0.3) is 0 Å². The molecule has 0 aromatic heterocycles. The van der Waals surface area contributed by atoms with E-state index in [1.54, 1.807) is 0 Å². The molecule has 1 aliphatic rings. The Morgan fingerprint density at radius 1 is 0.488 bits per heavy atom. The molecule has 1 aliphatic heterocycles. The van der Waals surface area contributed by atoms with Gasteiger partial charge in [-0.25, -0.2) is 4.39 Å². The minimum atomic E-state index is -8.79. The molecular weight excluding hydrogens is 671 g/mol. The van der Waals surface area contributed by atoms with Gasteiger partial charge in [0.15, 0.2) is 0 Å². The zero-order chi connectivity index (χ0) is 33.7. The first-order valence-electron chi connectivity index (χ1n) is 9.19. The van der Waals surface area contributed by atoms with E-state index in [1.807, 2.05) is 0 Å². The van der Waals surface area contributed by atoms with E-state index in [9.17, 15) is 110 Å². The topological polar surface area (TPSA) is 9.23 Å². The molecule has 0 bridgehead atoms. The summed E-state index contributed by atoms with van der Waals surface area (Å²) in [5.74, 6) is -33.5. The second kappa shape index (κ2) is 9.11. The molecule has 1 saturated heterocycles. The average molecular weight is 676 g/mol. The van der Waals surface area contributed by atoms with E-state index in [1.165, 1.54) is 0 Å². The highest BCUT2D eigenvalue weighted by molar-refractivity contribution is 5.19. The van der Waals surface area contributed by atoms with E-state index in [-0.39, 0.29) is 0 Å². The Kier molecular flexibility index (Phi) is 8.27. The first-order valence-corrected chi connectivity index (χ1v) is 9.19. The third-order valence-corrected chi connectivity index (χ3v) is 5.93. The lowest BCUT2D eigenvalue weighted by Crippen LogP contribution is -2.71.